The molecule has 1 aromatic rings. The van der Waals surface area contributed by atoms with E-state index >= 15 is 0 Å². The third kappa shape index (κ3) is 4.49. The molecule has 2 unspecified atom stereocenters. The summed E-state index contributed by atoms with van der Waals surface area (Å²) in [5, 5.41) is 3.73. The van der Waals surface area contributed by atoms with Gasteiger partial charge in [-0.25, -0.2) is 0 Å². The van der Waals surface area contributed by atoms with Crippen molar-refractivity contribution in [2.75, 3.05) is 5.75 Å². The van der Waals surface area contributed by atoms with Gasteiger partial charge in [0.2, 0.25) is 5.91 Å². The van der Waals surface area contributed by atoms with Crippen LogP contribution in [0, 0.1) is 0 Å². The average Bonchev–Trinajstić information content (AvgIpc) is 2.48. The van der Waals surface area contributed by atoms with E-state index in [4.69, 9.17) is 5.73 Å². The second-order valence-corrected chi connectivity index (χ2v) is 6.94. The zero-order chi connectivity index (χ0) is 15.2. The maximum absolute atomic E-state index is 12.3. The van der Waals surface area contributed by atoms with Crippen LogP contribution >= 0.6 is 11.8 Å². The molecule has 1 fully saturated rings. The number of nitrogens with two attached hydrogens (primary N) is 1. The zero-order valence-corrected chi connectivity index (χ0v) is 13.1. The fraction of sp³-hybridized carbons (Fsp3) is 0.500. The molecule has 1 saturated carbocycles. The first-order valence-electron chi connectivity index (χ1n) is 7.42. The Morgan fingerprint density at radius 2 is 2.10 bits per heavy atom. The highest BCUT2D eigenvalue weighted by Gasteiger charge is 2.23. The molecule has 21 heavy (non-hydrogen) atoms. The minimum atomic E-state index is -0.512. The van der Waals surface area contributed by atoms with Gasteiger partial charge in [-0.15, -0.1) is 0 Å². The van der Waals surface area contributed by atoms with Gasteiger partial charge >= 0.3 is 0 Å². The SMILES string of the molecule is CCSC1CCCC(NC(=O)c2cccc(C(N)=O)c2)C1. The van der Waals surface area contributed by atoms with Crippen molar-refractivity contribution in [3.63, 3.8) is 0 Å². The van der Waals surface area contributed by atoms with Gasteiger partial charge in [-0.05, 0) is 43.2 Å². The first-order valence-corrected chi connectivity index (χ1v) is 8.47. The lowest BCUT2D eigenvalue weighted by atomic mass is 9.94. The number of hydrogen-bond donors (Lipinski definition) is 2. The van der Waals surface area contributed by atoms with Crippen molar-refractivity contribution in [3.8, 4) is 0 Å². The van der Waals surface area contributed by atoms with E-state index in [0.29, 0.717) is 16.4 Å². The second-order valence-electron chi connectivity index (χ2n) is 5.36. The Bertz CT molecular complexity index is 517. The van der Waals surface area contributed by atoms with Crippen LogP contribution in [0.3, 0.4) is 0 Å². The Kier molecular flexibility index (Phi) is 5.67. The van der Waals surface area contributed by atoms with Crippen LogP contribution in [0.4, 0.5) is 0 Å². The van der Waals surface area contributed by atoms with Gasteiger partial charge in [0.05, 0.1) is 0 Å². The summed E-state index contributed by atoms with van der Waals surface area (Å²) in [4.78, 5) is 23.5. The smallest absolute Gasteiger partial charge is 0.251 e. The predicted octanol–water partition coefficient (Wildman–Crippen LogP) is 2.58. The zero-order valence-electron chi connectivity index (χ0n) is 12.3. The molecule has 0 aromatic heterocycles. The number of benzene rings is 1. The third-order valence-electron chi connectivity index (χ3n) is 3.77. The van der Waals surface area contributed by atoms with Crippen LogP contribution in [-0.2, 0) is 0 Å². The molecule has 2 rings (SSSR count). The van der Waals surface area contributed by atoms with E-state index < -0.39 is 5.91 Å². The fourth-order valence-electron chi connectivity index (χ4n) is 2.75. The number of carbonyl (C=O) groups is 2. The molecule has 0 bridgehead atoms. The Morgan fingerprint density at radius 1 is 1.33 bits per heavy atom. The summed E-state index contributed by atoms with van der Waals surface area (Å²) in [6.45, 7) is 2.17. The quantitative estimate of drug-likeness (QED) is 0.878. The summed E-state index contributed by atoms with van der Waals surface area (Å²) in [7, 11) is 0. The normalized spacial score (nSPS) is 21.8. The minimum Gasteiger partial charge on any atom is -0.366 e. The van der Waals surface area contributed by atoms with Gasteiger partial charge in [-0.1, -0.05) is 19.4 Å². The number of carbonyl (C=O) groups excluding carboxylic acids is 2. The lowest BCUT2D eigenvalue weighted by Crippen LogP contribution is -2.39. The molecule has 4 nitrogen and oxygen atoms in total. The third-order valence-corrected chi connectivity index (χ3v) is 5.01. The number of hydrogen-bond acceptors (Lipinski definition) is 3. The van der Waals surface area contributed by atoms with Crippen LogP contribution < -0.4 is 11.1 Å². The fourth-order valence-corrected chi connectivity index (χ4v) is 3.92. The van der Waals surface area contributed by atoms with Gasteiger partial charge in [-0.3, -0.25) is 9.59 Å². The molecule has 0 heterocycles. The van der Waals surface area contributed by atoms with E-state index in [-0.39, 0.29) is 11.9 Å². The molecule has 0 radical (unpaired) electrons. The summed E-state index contributed by atoms with van der Waals surface area (Å²) < 4.78 is 0. The predicted molar refractivity (Wildman–Crippen MR) is 86.6 cm³/mol. The van der Waals surface area contributed by atoms with E-state index in [1.54, 1.807) is 24.3 Å². The molecule has 1 aliphatic rings. The maximum atomic E-state index is 12.3. The van der Waals surface area contributed by atoms with E-state index in [1.165, 1.54) is 6.42 Å². The van der Waals surface area contributed by atoms with Gasteiger partial charge in [-0.2, -0.15) is 11.8 Å². The summed E-state index contributed by atoms with van der Waals surface area (Å²) in [6, 6.07) is 6.80. The number of thioether (sulfide) groups is 1. The van der Waals surface area contributed by atoms with Gasteiger partial charge in [0, 0.05) is 22.4 Å². The molecule has 1 aromatic carbocycles. The number of nitrogens with one attached hydrogen (secondary N) is 1. The van der Waals surface area contributed by atoms with Gasteiger partial charge in [0.1, 0.15) is 0 Å². The first-order chi connectivity index (χ1) is 10.1. The van der Waals surface area contributed by atoms with Gasteiger partial charge in [0.15, 0.2) is 0 Å². The minimum absolute atomic E-state index is 0.120. The number of amides is 2. The van der Waals surface area contributed by atoms with Crippen LogP contribution in [0.15, 0.2) is 24.3 Å². The maximum Gasteiger partial charge on any atom is 0.251 e. The molecule has 3 N–H and O–H groups in total. The van der Waals surface area contributed by atoms with Crippen LogP contribution in [-0.4, -0.2) is 28.9 Å². The molecule has 2 atom stereocenters. The van der Waals surface area contributed by atoms with Crippen molar-refractivity contribution in [3.05, 3.63) is 35.4 Å². The van der Waals surface area contributed by atoms with Gasteiger partial charge in [0.25, 0.3) is 5.91 Å². The Balaban J connectivity index is 1.97. The van der Waals surface area contributed by atoms with Crippen LogP contribution in [0.25, 0.3) is 0 Å². The van der Waals surface area contributed by atoms with Crippen molar-refractivity contribution >= 4 is 23.6 Å². The molecule has 5 heteroatoms. The summed E-state index contributed by atoms with van der Waals surface area (Å²) in [5.74, 6) is 0.485. The first kappa shape index (κ1) is 15.9. The molecule has 0 saturated heterocycles. The van der Waals surface area contributed by atoms with Crippen molar-refractivity contribution in [2.45, 2.75) is 43.9 Å². The van der Waals surface area contributed by atoms with E-state index in [9.17, 15) is 9.59 Å². The number of rotatable bonds is 5. The lowest BCUT2D eigenvalue weighted by molar-refractivity contribution is 0.0928. The highest BCUT2D eigenvalue weighted by molar-refractivity contribution is 7.99. The molecule has 0 spiro atoms. The van der Waals surface area contributed by atoms with Crippen molar-refractivity contribution in [1.82, 2.24) is 5.32 Å². The van der Waals surface area contributed by atoms with E-state index in [2.05, 4.69) is 12.2 Å². The van der Waals surface area contributed by atoms with Crippen LogP contribution in [0.1, 0.15) is 53.3 Å². The molecular weight excluding hydrogens is 284 g/mol. The highest BCUT2D eigenvalue weighted by atomic mass is 32.2. The van der Waals surface area contributed by atoms with E-state index in [1.807, 2.05) is 11.8 Å². The summed E-state index contributed by atoms with van der Waals surface area (Å²) >= 11 is 1.97. The molecular formula is C16H22N2O2S. The molecule has 1 aliphatic carbocycles. The number of primary amides is 1. The van der Waals surface area contributed by atoms with Gasteiger partial charge < -0.3 is 11.1 Å². The largest absolute Gasteiger partial charge is 0.366 e. The molecule has 114 valence electrons. The lowest BCUT2D eigenvalue weighted by Gasteiger charge is -2.29. The monoisotopic (exact) mass is 306 g/mol. The Labute approximate surface area is 129 Å². The standard InChI is InChI=1S/C16H22N2O2S/c1-2-21-14-8-4-7-13(10-14)18-16(20)12-6-3-5-11(9-12)15(17)19/h3,5-6,9,13-14H,2,4,7-8,10H2,1H3,(H2,17,19)(H,18,20). The Hall–Kier alpha value is -1.49. The molecule has 2 amide bonds. The second kappa shape index (κ2) is 7.50. The van der Waals surface area contributed by atoms with Crippen molar-refractivity contribution in [2.24, 2.45) is 5.73 Å². The van der Waals surface area contributed by atoms with Crippen molar-refractivity contribution in [1.29, 1.82) is 0 Å². The highest BCUT2D eigenvalue weighted by Crippen LogP contribution is 2.28. The topological polar surface area (TPSA) is 72.2 Å². The Morgan fingerprint density at radius 3 is 2.81 bits per heavy atom. The van der Waals surface area contributed by atoms with E-state index in [0.717, 1.165) is 25.0 Å². The van der Waals surface area contributed by atoms with Crippen molar-refractivity contribution < 1.29 is 9.59 Å². The van der Waals surface area contributed by atoms with Crippen LogP contribution in [0.2, 0.25) is 0 Å². The average molecular weight is 306 g/mol. The molecule has 0 aliphatic heterocycles. The van der Waals surface area contributed by atoms with Crippen LogP contribution in [0.5, 0.6) is 0 Å². The summed E-state index contributed by atoms with van der Waals surface area (Å²) in [5.41, 5.74) is 6.11. The summed E-state index contributed by atoms with van der Waals surface area (Å²) in [6.07, 6.45) is 4.45.